The minimum Gasteiger partial charge on any atom is -0.480 e. The van der Waals surface area contributed by atoms with Crippen LogP contribution in [0.4, 0.5) is 5.69 Å². The van der Waals surface area contributed by atoms with E-state index in [1.807, 2.05) is 0 Å². The summed E-state index contributed by atoms with van der Waals surface area (Å²) in [6.45, 7) is 0. The Labute approximate surface area is 125 Å². The molecule has 0 spiro atoms. The zero-order chi connectivity index (χ0) is 14.3. The Balaban J connectivity index is 2.61. The molecule has 0 bridgehead atoms. The number of aliphatic carboxylic acids is 1. The maximum Gasteiger partial charge on any atom is 0.320 e. The van der Waals surface area contributed by atoms with Crippen LogP contribution >= 0.6 is 22.6 Å². The lowest BCUT2D eigenvalue weighted by Crippen LogP contribution is -2.32. The highest BCUT2D eigenvalue weighted by atomic mass is 127. The van der Waals surface area contributed by atoms with Gasteiger partial charge in [0, 0.05) is 16.5 Å². The van der Waals surface area contributed by atoms with Crippen LogP contribution in [0.5, 0.6) is 0 Å². The minimum atomic E-state index is -1.03. The Bertz CT molecular complexity index is 451. The van der Waals surface area contributed by atoms with E-state index >= 15 is 0 Å². The molecule has 1 unspecified atom stereocenters. The fourth-order valence-corrected chi connectivity index (χ4v) is 1.95. The lowest BCUT2D eigenvalue weighted by atomic mass is 10.1. The smallest absolute Gasteiger partial charge is 0.320 e. The first-order valence-electron chi connectivity index (χ1n) is 5.96. The van der Waals surface area contributed by atoms with Crippen molar-refractivity contribution in [1.29, 1.82) is 0 Å². The molecular formula is C13H17IN2O3. The number of alkyl halides is 1. The van der Waals surface area contributed by atoms with Gasteiger partial charge in [-0.25, -0.2) is 0 Å². The largest absolute Gasteiger partial charge is 0.480 e. The molecule has 6 heteroatoms. The molecule has 0 saturated carbocycles. The molecule has 0 aliphatic rings. The molecule has 0 fully saturated rings. The van der Waals surface area contributed by atoms with Crippen molar-refractivity contribution in [2.45, 2.75) is 25.3 Å². The van der Waals surface area contributed by atoms with E-state index in [1.165, 1.54) is 0 Å². The third-order valence-electron chi connectivity index (χ3n) is 2.52. The van der Waals surface area contributed by atoms with E-state index < -0.39 is 12.0 Å². The van der Waals surface area contributed by atoms with Crippen LogP contribution in [0, 0.1) is 0 Å². The third kappa shape index (κ3) is 6.02. The number of hydrogen-bond donors (Lipinski definition) is 3. The number of carboxylic acids is 1. The number of nitrogens with two attached hydrogens (primary N) is 1. The first-order valence-corrected chi connectivity index (χ1v) is 7.48. The van der Waals surface area contributed by atoms with Crippen molar-refractivity contribution in [3.8, 4) is 0 Å². The molecule has 0 aliphatic carbocycles. The number of nitrogens with one attached hydrogen (secondary N) is 1. The number of carbonyl (C=O) groups is 2. The van der Waals surface area contributed by atoms with E-state index in [-0.39, 0.29) is 12.3 Å². The van der Waals surface area contributed by atoms with Gasteiger partial charge >= 0.3 is 5.97 Å². The van der Waals surface area contributed by atoms with Gasteiger partial charge < -0.3 is 16.2 Å². The zero-order valence-electron chi connectivity index (χ0n) is 10.4. The summed E-state index contributed by atoms with van der Waals surface area (Å²) in [7, 11) is 0. The summed E-state index contributed by atoms with van der Waals surface area (Å²) in [5.74, 6) is -1.06. The van der Waals surface area contributed by atoms with Crippen LogP contribution in [-0.2, 0) is 16.0 Å². The lowest BCUT2D eigenvalue weighted by Gasteiger charge is -2.09. The monoisotopic (exact) mass is 376 g/mol. The maximum absolute atomic E-state index is 11.6. The second-order valence-electron chi connectivity index (χ2n) is 4.19. The standard InChI is InChI=1S/C13H17IN2O3/c14-6-2-5-12(17)16-10-4-1-3-9(7-10)8-11(15)13(18)19/h1,3-4,7,11H,2,5-6,8,15H2,(H,16,17)(H,18,19). The molecule has 1 atom stereocenters. The molecule has 4 N–H and O–H groups in total. The first kappa shape index (κ1) is 15.9. The Morgan fingerprint density at radius 1 is 1.42 bits per heavy atom. The number of hydrogen-bond acceptors (Lipinski definition) is 3. The van der Waals surface area contributed by atoms with E-state index in [0.29, 0.717) is 12.1 Å². The fraction of sp³-hybridized carbons (Fsp3) is 0.385. The van der Waals surface area contributed by atoms with Gasteiger partial charge in [0.15, 0.2) is 0 Å². The second kappa shape index (κ2) is 8.11. The summed E-state index contributed by atoms with van der Waals surface area (Å²) in [6, 6.07) is 6.17. The van der Waals surface area contributed by atoms with Crippen molar-refractivity contribution in [2.75, 3.05) is 9.74 Å². The quantitative estimate of drug-likeness (QED) is 0.500. The minimum absolute atomic E-state index is 0.0312. The molecule has 1 amide bonds. The van der Waals surface area contributed by atoms with Gasteiger partial charge in [0.05, 0.1) is 0 Å². The van der Waals surface area contributed by atoms with Gasteiger partial charge in [0.2, 0.25) is 5.91 Å². The molecule has 0 heterocycles. The normalized spacial score (nSPS) is 11.9. The third-order valence-corrected chi connectivity index (χ3v) is 3.28. The Morgan fingerprint density at radius 3 is 2.79 bits per heavy atom. The topological polar surface area (TPSA) is 92.4 Å². The van der Waals surface area contributed by atoms with Crippen molar-refractivity contribution in [2.24, 2.45) is 5.73 Å². The van der Waals surface area contributed by atoms with Crippen molar-refractivity contribution in [3.63, 3.8) is 0 Å². The average Bonchev–Trinajstić information content (AvgIpc) is 2.36. The molecule has 1 aromatic rings. The van der Waals surface area contributed by atoms with Gasteiger partial charge in [0.25, 0.3) is 0 Å². The highest BCUT2D eigenvalue weighted by Crippen LogP contribution is 2.13. The predicted molar refractivity (Wildman–Crippen MR) is 82.5 cm³/mol. The van der Waals surface area contributed by atoms with Crippen molar-refractivity contribution in [1.82, 2.24) is 0 Å². The summed E-state index contributed by atoms with van der Waals surface area (Å²) in [6.07, 6.45) is 1.57. The van der Waals surface area contributed by atoms with Crippen molar-refractivity contribution in [3.05, 3.63) is 29.8 Å². The van der Waals surface area contributed by atoms with Gasteiger partial charge in [-0.05, 0) is 30.5 Å². The number of amides is 1. The Hall–Kier alpha value is -1.15. The Morgan fingerprint density at radius 2 is 2.16 bits per heavy atom. The summed E-state index contributed by atoms with van der Waals surface area (Å²) >= 11 is 2.23. The van der Waals surface area contributed by atoms with Crippen LogP contribution in [0.15, 0.2) is 24.3 Å². The molecule has 19 heavy (non-hydrogen) atoms. The van der Waals surface area contributed by atoms with E-state index in [1.54, 1.807) is 24.3 Å². The predicted octanol–water partition coefficient (Wildman–Crippen LogP) is 1.79. The van der Waals surface area contributed by atoms with E-state index in [4.69, 9.17) is 10.8 Å². The molecule has 5 nitrogen and oxygen atoms in total. The molecule has 104 valence electrons. The van der Waals surface area contributed by atoms with Crippen LogP contribution in [-0.4, -0.2) is 27.5 Å². The van der Waals surface area contributed by atoms with Crippen LogP contribution < -0.4 is 11.1 Å². The fourth-order valence-electron chi connectivity index (χ4n) is 1.57. The molecule has 0 aliphatic heterocycles. The van der Waals surface area contributed by atoms with Gasteiger partial charge in [0.1, 0.15) is 6.04 Å². The summed E-state index contributed by atoms with van der Waals surface area (Å²) < 4.78 is 0.943. The summed E-state index contributed by atoms with van der Waals surface area (Å²) in [5, 5.41) is 11.5. The number of halogens is 1. The highest BCUT2D eigenvalue weighted by molar-refractivity contribution is 14.1. The number of rotatable bonds is 7. The van der Waals surface area contributed by atoms with Gasteiger partial charge in [-0.1, -0.05) is 34.7 Å². The van der Waals surface area contributed by atoms with Crippen LogP contribution in [0.1, 0.15) is 18.4 Å². The van der Waals surface area contributed by atoms with E-state index in [0.717, 1.165) is 16.4 Å². The molecule has 0 radical (unpaired) electrons. The van der Waals surface area contributed by atoms with Crippen molar-refractivity contribution < 1.29 is 14.7 Å². The molecule has 1 aromatic carbocycles. The van der Waals surface area contributed by atoms with E-state index in [2.05, 4.69) is 27.9 Å². The second-order valence-corrected chi connectivity index (χ2v) is 5.27. The van der Waals surface area contributed by atoms with Crippen LogP contribution in [0.3, 0.4) is 0 Å². The SMILES string of the molecule is NC(Cc1cccc(NC(=O)CCCI)c1)C(=O)O. The lowest BCUT2D eigenvalue weighted by molar-refractivity contribution is -0.138. The highest BCUT2D eigenvalue weighted by Gasteiger charge is 2.12. The van der Waals surface area contributed by atoms with Gasteiger partial charge in [-0.2, -0.15) is 0 Å². The average molecular weight is 376 g/mol. The number of carbonyl (C=O) groups excluding carboxylic acids is 1. The van der Waals surface area contributed by atoms with Gasteiger partial charge in [-0.15, -0.1) is 0 Å². The van der Waals surface area contributed by atoms with E-state index in [9.17, 15) is 9.59 Å². The maximum atomic E-state index is 11.6. The van der Waals surface area contributed by atoms with Gasteiger partial charge in [-0.3, -0.25) is 9.59 Å². The van der Waals surface area contributed by atoms with Crippen LogP contribution in [0.25, 0.3) is 0 Å². The molecule has 1 rings (SSSR count). The number of benzene rings is 1. The zero-order valence-corrected chi connectivity index (χ0v) is 12.6. The first-order chi connectivity index (χ1) is 9.02. The van der Waals surface area contributed by atoms with Crippen molar-refractivity contribution >= 4 is 40.2 Å². The summed E-state index contributed by atoms with van der Waals surface area (Å²) in [5.41, 5.74) is 6.95. The molecule has 0 aromatic heterocycles. The van der Waals surface area contributed by atoms with Crippen LogP contribution in [0.2, 0.25) is 0 Å². The molecule has 0 saturated heterocycles. The molecular weight excluding hydrogens is 359 g/mol. The summed E-state index contributed by atoms with van der Waals surface area (Å²) in [4.78, 5) is 22.3. The number of anilines is 1. The number of carboxylic acid groups (broad SMARTS) is 1. The Kier molecular flexibility index (Phi) is 6.79.